The van der Waals surface area contributed by atoms with Crippen molar-refractivity contribution in [3.05, 3.63) is 65.7 Å². The second-order valence-corrected chi connectivity index (χ2v) is 7.06. The minimum Gasteiger partial charge on any atom is -0.508 e. The smallest absolute Gasteiger partial charge is 0.115 e. The van der Waals surface area contributed by atoms with Crippen molar-refractivity contribution in [1.29, 1.82) is 0 Å². The maximum Gasteiger partial charge on any atom is 0.115 e. The number of hydrogen-bond donors (Lipinski definition) is 1. The summed E-state index contributed by atoms with van der Waals surface area (Å²) >= 11 is 0. The lowest BCUT2D eigenvalue weighted by molar-refractivity contribution is 0.246. The summed E-state index contributed by atoms with van der Waals surface area (Å²) in [6.45, 7) is 6.96. The zero-order valence-corrected chi connectivity index (χ0v) is 13.4. The molecule has 2 atom stereocenters. The van der Waals surface area contributed by atoms with Crippen LogP contribution < -0.4 is 0 Å². The van der Waals surface area contributed by atoms with E-state index in [0.717, 1.165) is 24.9 Å². The Balaban J connectivity index is 1.30. The minimum absolute atomic E-state index is 0.351. The third kappa shape index (κ3) is 3.41. The van der Waals surface area contributed by atoms with Gasteiger partial charge < -0.3 is 5.11 Å². The van der Waals surface area contributed by atoms with Crippen LogP contribution in [0.25, 0.3) is 0 Å². The highest BCUT2D eigenvalue weighted by molar-refractivity contribution is 5.26. The average Bonchev–Trinajstić information content (AvgIpc) is 3.08. The van der Waals surface area contributed by atoms with Crippen LogP contribution in [0, 0.1) is 11.8 Å². The molecular weight excluding hydrogens is 284 g/mol. The van der Waals surface area contributed by atoms with E-state index >= 15 is 0 Å². The largest absolute Gasteiger partial charge is 0.508 e. The Morgan fingerprint density at radius 1 is 0.696 bits per heavy atom. The predicted molar refractivity (Wildman–Crippen MR) is 92.1 cm³/mol. The van der Waals surface area contributed by atoms with E-state index in [0.29, 0.717) is 5.75 Å². The molecule has 2 heterocycles. The SMILES string of the molecule is Oc1ccc(CN2C[C@H]3CN(Cc4ccccc4)C[C@@H]3C2)cc1. The quantitative estimate of drug-likeness (QED) is 0.941. The average molecular weight is 308 g/mol. The molecule has 0 spiro atoms. The second kappa shape index (κ2) is 6.34. The summed E-state index contributed by atoms with van der Waals surface area (Å²) in [6, 6.07) is 18.4. The van der Waals surface area contributed by atoms with Crippen molar-refractivity contribution in [1.82, 2.24) is 9.80 Å². The monoisotopic (exact) mass is 308 g/mol. The minimum atomic E-state index is 0.351. The number of rotatable bonds is 4. The fourth-order valence-corrected chi connectivity index (χ4v) is 4.15. The number of phenolic OH excluding ortho intramolecular Hbond substituents is 1. The molecule has 2 saturated heterocycles. The molecule has 1 N–H and O–H groups in total. The number of aromatic hydroxyl groups is 1. The lowest BCUT2D eigenvalue weighted by Gasteiger charge is -2.21. The Bertz CT molecular complexity index is 626. The van der Waals surface area contributed by atoms with Gasteiger partial charge in [0.05, 0.1) is 0 Å². The van der Waals surface area contributed by atoms with Gasteiger partial charge in [-0.3, -0.25) is 9.80 Å². The van der Waals surface area contributed by atoms with E-state index in [4.69, 9.17) is 0 Å². The van der Waals surface area contributed by atoms with E-state index in [9.17, 15) is 5.11 Å². The number of fused-ring (bicyclic) bond motifs is 1. The molecule has 0 unspecified atom stereocenters. The summed E-state index contributed by atoms with van der Waals surface area (Å²) < 4.78 is 0. The van der Waals surface area contributed by atoms with Crippen LogP contribution in [0.4, 0.5) is 0 Å². The van der Waals surface area contributed by atoms with Crippen LogP contribution in [0.3, 0.4) is 0 Å². The van der Waals surface area contributed by atoms with Crippen LogP contribution in [-0.2, 0) is 13.1 Å². The first-order chi connectivity index (χ1) is 11.3. The molecule has 2 aromatic rings. The predicted octanol–water partition coefficient (Wildman–Crippen LogP) is 2.96. The standard InChI is InChI=1S/C20H24N2O/c23-20-8-6-17(7-9-20)11-22-14-18-12-21(13-19(18)15-22)10-16-4-2-1-3-5-16/h1-9,18-19,23H,10-15H2/t18-,19-/m1/s1. The Morgan fingerprint density at radius 3 is 1.70 bits per heavy atom. The first kappa shape index (κ1) is 14.7. The molecule has 23 heavy (non-hydrogen) atoms. The molecule has 120 valence electrons. The van der Waals surface area contributed by atoms with Gasteiger partial charge in [-0.2, -0.15) is 0 Å². The molecule has 0 bridgehead atoms. The van der Waals surface area contributed by atoms with Crippen molar-refractivity contribution in [2.45, 2.75) is 13.1 Å². The van der Waals surface area contributed by atoms with Gasteiger partial charge in [0.1, 0.15) is 5.75 Å². The third-order valence-electron chi connectivity index (χ3n) is 5.23. The van der Waals surface area contributed by atoms with Crippen molar-refractivity contribution in [3.8, 4) is 5.75 Å². The number of phenols is 1. The highest BCUT2D eigenvalue weighted by atomic mass is 16.3. The summed E-state index contributed by atoms with van der Waals surface area (Å²) in [5, 5.41) is 9.38. The number of hydrogen-bond acceptors (Lipinski definition) is 3. The van der Waals surface area contributed by atoms with Crippen molar-refractivity contribution in [2.24, 2.45) is 11.8 Å². The van der Waals surface area contributed by atoms with E-state index in [2.05, 4.69) is 40.1 Å². The highest BCUT2D eigenvalue weighted by Crippen LogP contribution is 2.32. The molecule has 2 fully saturated rings. The van der Waals surface area contributed by atoms with Gasteiger partial charge in [0.2, 0.25) is 0 Å². The third-order valence-corrected chi connectivity index (χ3v) is 5.23. The maximum absolute atomic E-state index is 9.38. The Hall–Kier alpha value is -1.84. The number of likely N-dealkylation sites (tertiary alicyclic amines) is 2. The normalized spacial score (nSPS) is 24.9. The van der Waals surface area contributed by atoms with E-state index in [1.807, 2.05) is 12.1 Å². The molecule has 2 aliphatic heterocycles. The van der Waals surface area contributed by atoms with E-state index in [-0.39, 0.29) is 0 Å². The Morgan fingerprint density at radius 2 is 1.17 bits per heavy atom. The van der Waals surface area contributed by atoms with Gasteiger partial charge in [0, 0.05) is 39.3 Å². The summed E-state index contributed by atoms with van der Waals surface area (Å²) in [5.74, 6) is 1.98. The molecule has 3 nitrogen and oxygen atoms in total. The fourth-order valence-electron chi connectivity index (χ4n) is 4.15. The van der Waals surface area contributed by atoms with Crippen LogP contribution in [-0.4, -0.2) is 41.1 Å². The lowest BCUT2D eigenvalue weighted by Crippen LogP contribution is -2.28. The van der Waals surface area contributed by atoms with Gasteiger partial charge in [-0.1, -0.05) is 42.5 Å². The van der Waals surface area contributed by atoms with Gasteiger partial charge in [-0.15, -0.1) is 0 Å². The molecule has 0 radical (unpaired) electrons. The van der Waals surface area contributed by atoms with Gasteiger partial charge in [-0.25, -0.2) is 0 Å². The van der Waals surface area contributed by atoms with E-state index in [1.165, 1.54) is 37.3 Å². The van der Waals surface area contributed by atoms with Gasteiger partial charge in [-0.05, 0) is 35.1 Å². The zero-order valence-electron chi connectivity index (χ0n) is 13.4. The van der Waals surface area contributed by atoms with Crippen LogP contribution in [0.5, 0.6) is 5.75 Å². The van der Waals surface area contributed by atoms with Crippen LogP contribution in [0.2, 0.25) is 0 Å². The summed E-state index contributed by atoms with van der Waals surface area (Å²) in [5.41, 5.74) is 2.72. The molecule has 3 heteroatoms. The Kier molecular flexibility index (Phi) is 4.06. The molecule has 4 rings (SSSR count). The first-order valence-electron chi connectivity index (χ1n) is 8.53. The van der Waals surface area contributed by atoms with Crippen LogP contribution in [0.15, 0.2) is 54.6 Å². The van der Waals surface area contributed by atoms with Gasteiger partial charge >= 0.3 is 0 Å². The topological polar surface area (TPSA) is 26.7 Å². The van der Waals surface area contributed by atoms with Crippen molar-refractivity contribution in [2.75, 3.05) is 26.2 Å². The van der Waals surface area contributed by atoms with Gasteiger partial charge in [0.15, 0.2) is 0 Å². The molecule has 0 aromatic heterocycles. The number of nitrogens with zero attached hydrogens (tertiary/aromatic N) is 2. The zero-order chi connectivity index (χ0) is 15.6. The van der Waals surface area contributed by atoms with Crippen LogP contribution in [0.1, 0.15) is 11.1 Å². The summed E-state index contributed by atoms with van der Waals surface area (Å²) in [6.07, 6.45) is 0. The molecular formula is C20H24N2O. The molecule has 0 saturated carbocycles. The van der Waals surface area contributed by atoms with Crippen molar-refractivity contribution < 1.29 is 5.11 Å². The molecule has 0 amide bonds. The Labute approximate surface area is 138 Å². The fraction of sp³-hybridized carbons (Fsp3) is 0.400. The molecule has 2 aliphatic rings. The summed E-state index contributed by atoms with van der Waals surface area (Å²) in [7, 11) is 0. The highest BCUT2D eigenvalue weighted by Gasteiger charge is 2.39. The molecule has 0 aliphatic carbocycles. The first-order valence-corrected chi connectivity index (χ1v) is 8.53. The lowest BCUT2D eigenvalue weighted by atomic mass is 10.0. The second-order valence-electron chi connectivity index (χ2n) is 7.06. The van der Waals surface area contributed by atoms with Crippen molar-refractivity contribution in [3.63, 3.8) is 0 Å². The maximum atomic E-state index is 9.38. The molecule has 2 aromatic carbocycles. The van der Waals surface area contributed by atoms with Gasteiger partial charge in [0.25, 0.3) is 0 Å². The van der Waals surface area contributed by atoms with E-state index < -0.39 is 0 Å². The van der Waals surface area contributed by atoms with E-state index in [1.54, 1.807) is 12.1 Å². The number of benzene rings is 2. The summed E-state index contributed by atoms with van der Waals surface area (Å²) in [4.78, 5) is 5.18. The van der Waals surface area contributed by atoms with Crippen LogP contribution >= 0.6 is 0 Å². The van der Waals surface area contributed by atoms with Crippen molar-refractivity contribution >= 4 is 0 Å².